The molecule has 21 heavy (non-hydrogen) atoms. The third-order valence-electron chi connectivity index (χ3n) is 2.67. The lowest BCUT2D eigenvalue weighted by Crippen LogP contribution is -2.02. The van der Waals surface area contributed by atoms with Crippen molar-refractivity contribution in [2.45, 2.75) is 4.34 Å². The molecule has 0 saturated carbocycles. The minimum atomic E-state index is -0.353. The quantitative estimate of drug-likeness (QED) is 0.558. The zero-order valence-corrected chi connectivity index (χ0v) is 12.5. The number of rotatable bonds is 5. The Balaban J connectivity index is 1.61. The van der Waals surface area contributed by atoms with Crippen LogP contribution in [0.15, 0.2) is 45.5 Å². The molecule has 5 nitrogen and oxygen atoms in total. The lowest BCUT2D eigenvalue weighted by atomic mass is 10.3. The third-order valence-corrected chi connectivity index (χ3v) is 4.86. The minimum absolute atomic E-state index is 0.0290. The van der Waals surface area contributed by atoms with Gasteiger partial charge in [-0.25, -0.2) is 4.98 Å². The topological polar surface area (TPSA) is 75.2 Å². The summed E-state index contributed by atoms with van der Waals surface area (Å²) < 4.78 is 6.98. The van der Waals surface area contributed by atoms with E-state index in [2.05, 4.69) is 9.97 Å². The van der Waals surface area contributed by atoms with Crippen molar-refractivity contribution in [3.63, 3.8) is 0 Å². The molecule has 0 spiro atoms. The van der Waals surface area contributed by atoms with Crippen molar-refractivity contribution in [1.82, 2.24) is 9.97 Å². The second-order valence-electron chi connectivity index (χ2n) is 4.19. The average molecular weight is 320 g/mol. The zero-order chi connectivity index (χ0) is 14.7. The summed E-state index contributed by atoms with van der Waals surface area (Å²) in [6, 6.07) is 10.8. The Labute approximate surface area is 128 Å². The van der Waals surface area contributed by atoms with Crippen LogP contribution >= 0.6 is 23.1 Å². The van der Waals surface area contributed by atoms with Crippen LogP contribution in [0.5, 0.6) is 11.5 Å². The molecule has 2 aromatic heterocycles. The van der Waals surface area contributed by atoms with Gasteiger partial charge >= 0.3 is 0 Å². The van der Waals surface area contributed by atoms with Crippen molar-refractivity contribution >= 4 is 33.4 Å². The van der Waals surface area contributed by atoms with Gasteiger partial charge < -0.3 is 14.8 Å². The number of nitrogens with one attached hydrogen (secondary N) is 1. The summed E-state index contributed by atoms with van der Waals surface area (Å²) in [6.45, 7) is 0.563. The Morgan fingerprint density at radius 1 is 1.33 bits per heavy atom. The van der Waals surface area contributed by atoms with Gasteiger partial charge in [0.1, 0.15) is 16.2 Å². The molecule has 2 heterocycles. The van der Waals surface area contributed by atoms with E-state index in [1.807, 2.05) is 30.3 Å². The first kappa shape index (κ1) is 14.0. The molecule has 3 rings (SSSR count). The summed E-state index contributed by atoms with van der Waals surface area (Å²) in [6.07, 6.45) is 0. The second-order valence-corrected chi connectivity index (χ2v) is 6.53. The van der Waals surface area contributed by atoms with E-state index in [0.29, 0.717) is 17.0 Å². The molecule has 0 unspecified atom stereocenters. The van der Waals surface area contributed by atoms with Crippen LogP contribution in [0.25, 0.3) is 10.3 Å². The molecular formula is C14H12N2O3S2. The first-order chi connectivity index (χ1) is 10.2. The number of hydrogen-bond donors (Lipinski definition) is 2. The minimum Gasteiger partial charge on any atom is -0.506 e. The molecule has 7 heteroatoms. The van der Waals surface area contributed by atoms with E-state index >= 15 is 0 Å². The van der Waals surface area contributed by atoms with Gasteiger partial charge in [0, 0.05) is 11.8 Å². The van der Waals surface area contributed by atoms with Crippen LogP contribution in [0.3, 0.4) is 0 Å². The number of nitrogens with zero attached hydrogens (tertiary/aromatic N) is 1. The average Bonchev–Trinajstić information content (AvgIpc) is 2.88. The van der Waals surface area contributed by atoms with Crippen LogP contribution in [-0.4, -0.2) is 27.4 Å². The van der Waals surface area contributed by atoms with E-state index in [4.69, 9.17) is 4.74 Å². The summed E-state index contributed by atoms with van der Waals surface area (Å²) in [4.78, 5) is 18.1. The van der Waals surface area contributed by atoms with Gasteiger partial charge in [-0.3, -0.25) is 4.79 Å². The van der Waals surface area contributed by atoms with Gasteiger partial charge in [0.2, 0.25) is 0 Å². The van der Waals surface area contributed by atoms with Crippen molar-refractivity contribution in [3.05, 3.63) is 46.8 Å². The summed E-state index contributed by atoms with van der Waals surface area (Å²) in [5.41, 5.74) is 0.0748. The van der Waals surface area contributed by atoms with Crippen LogP contribution < -0.4 is 10.3 Å². The number of aromatic amines is 1. The van der Waals surface area contributed by atoms with Gasteiger partial charge in [-0.1, -0.05) is 30.0 Å². The summed E-state index contributed by atoms with van der Waals surface area (Å²) >= 11 is 2.88. The molecule has 0 atom stereocenters. The van der Waals surface area contributed by atoms with E-state index in [1.165, 1.54) is 23.1 Å². The molecule has 2 N–H and O–H groups in total. The maximum Gasteiger partial charge on any atom is 0.253 e. The highest BCUT2D eigenvalue weighted by molar-refractivity contribution is 8.01. The molecule has 108 valence electrons. The Bertz CT molecular complexity index is 799. The van der Waals surface area contributed by atoms with E-state index in [9.17, 15) is 9.90 Å². The van der Waals surface area contributed by atoms with Gasteiger partial charge in [-0.05, 0) is 12.1 Å². The standard InChI is InChI=1S/C14H12N2O3S2/c17-10-8-11(18)15-13-12(10)21-14(16-13)20-7-6-19-9-4-2-1-3-5-9/h1-5,8H,6-7H2,(H2,15,17,18). The fourth-order valence-electron chi connectivity index (χ4n) is 1.77. The first-order valence-corrected chi connectivity index (χ1v) is 8.06. The number of ether oxygens (including phenoxy) is 1. The van der Waals surface area contributed by atoms with Crippen molar-refractivity contribution in [3.8, 4) is 11.5 Å². The predicted molar refractivity (Wildman–Crippen MR) is 84.6 cm³/mol. The number of fused-ring (bicyclic) bond motifs is 1. The SMILES string of the molecule is O=c1cc(O)c2sc(SCCOc3ccccc3)nc2[nH]1. The number of aromatic nitrogens is 2. The molecule has 1 aromatic carbocycles. The molecule has 0 saturated heterocycles. The van der Waals surface area contributed by atoms with E-state index in [0.717, 1.165) is 21.9 Å². The number of thiazole rings is 1. The van der Waals surface area contributed by atoms with Crippen LogP contribution in [-0.2, 0) is 0 Å². The number of hydrogen-bond acceptors (Lipinski definition) is 6. The highest BCUT2D eigenvalue weighted by atomic mass is 32.2. The molecular weight excluding hydrogens is 308 g/mol. The number of pyridine rings is 1. The molecule has 0 amide bonds. The fraction of sp³-hybridized carbons (Fsp3) is 0.143. The van der Waals surface area contributed by atoms with Crippen LogP contribution in [0.4, 0.5) is 0 Å². The van der Waals surface area contributed by atoms with E-state index in [-0.39, 0.29) is 11.3 Å². The first-order valence-electron chi connectivity index (χ1n) is 6.26. The molecule has 0 aliphatic carbocycles. The molecule has 0 radical (unpaired) electrons. The van der Waals surface area contributed by atoms with Crippen molar-refractivity contribution in [1.29, 1.82) is 0 Å². The number of H-pyrrole nitrogens is 1. The Hall–Kier alpha value is -1.99. The maximum absolute atomic E-state index is 11.3. The Morgan fingerprint density at radius 3 is 2.95 bits per heavy atom. The summed E-state index contributed by atoms with van der Waals surface area (Å²) in [5, 5.41) is 9.70. The van der Waals surface area contributed by atoms with Crippen molar-refractivity contribution in [2.75, 3.05) is 12.4 Å². The second kappa shape index (κ2) is 6.19. The van der Waals surface area contributed by atoms with Crippen LogP contribution in [0.1, 0.15) is 0 Å². The van der Waals surface area contributed by atoms with Crippen LogP contribution in [0.2, 0.25) is 0 Å². The highest BCUT2D eigenvalue weighted by Crippen LogP contribution is 2.32. The predicted octanol–water partition coefficient (Wildman–Crippen LogP) is 2.86. The molecule has 0 aliphatic rings. The smallest absolute Gasteiger partial charge is 0.253 e. The lowest BCUT2D eigenvalue weighted by molar-refractivity contribution is 0.344. The van der Waals surface area contributed by atoms with Gasteiger partial charge in [0.15, 0.2) is 9.99 Å². The van der Waals surface area contributed by atoms with Gasteiger partial charge in [-0.15, -0.1) is 11.3 Å². The zero-order valence-electron chi connectivity index (χ0n) is 10.9. The number of benzene rings is 1. The van der Waals surface area contributed by atoms with Gasteiger partial charge in [-0.2, -0.15) is 0 Å². The molecule has 0 bridgehead atoms. The normalized spacial score (nSPS) is 10.9. The summed E-state index contributed by atoms with van der Waals surface area (Å²) in [7, 11) is 0. The monoisotopic (exact) mass is 320 g/mol. The van der Waals surface area contributed by atoms with E-state index in [1.54, 1.807) is 0 Å². The number of thioether (sulfide) groups is 1. The fourth-order valence-corrected chi connectivity index (χ4v) is 3.67. The maximum atomic E-state index is 11.3. The third kappa shape index (κ3) is 3.37. The number of aromatic hydroxyl groups is 1. The largest absolute Gasteiger partial charge is 0.506 e. The van der Waals surface area contributed by atoms with Crippen molar-refractivity contribution < 1.29 is 9.84 Å². The lowest BCUT2D eigenvalue weighted by Gasteiger charge is -2.03. The summed E-state index contributed by atoms with van der Waals surface area (Å²) in [5.74, 6) is 1.54. The van der Waals surface area contributed by atoms with E-state index < -0.39 is 0 Å². The molecule has 0 aliphatic heterocycles. The highest BCUT2D eigenvalue weighted by Gasteiger charge is 2.09. The molecule has 0 fully saturated rings. The van der Waals surface area contributed by atoms with Gasteiger partial charge in [0.05, 0.1) is 6.61 Å². The Kier molecular flexibility index (Phi) is 4.12. The molecule has 3 aromatic rings. The van der Waals surface area contributed by atoms with Gasteiger partial charge in [0.25, 0.3) is 5.56 Å². The number of para-hydroxylation sites is 1. The van der Waals surface area contributed by atoms with Crippen molar-refractivity contribution in [2.24, 2.45) is 0 Å². The van der Waals surface area contributed by atoms with Crippen LogP contribution in [0, 0.1) is 0 Å². The Morgan fingerprint density at radius 2 is 2.14 bits per heavy atom.